The summed E-state index contributed by atoms with van der Waals surface area (Å²) >= 11 is 0. The highest BCUT2D eigenvalue weighted by Gasteiger charge is 2.35. The maximum Gasteiger partial charge on any atom is 0.225 e. The number of fused-ring (bicyclic) bond motifs is 4. The first-order valence-corrected chi connectivity index (χ1v) is 5.60. The third kappa shape index (κ3) is 1.78. The number of carbonyl (C=O) groups excluding carboxylic acids is 1. The van der Waals surface area contributed by atoms with E-state index in [0.29, 0.717) is 18.1 Å². The molecule has 0 N–H and O–H groups in total. The van der Waals surface area contributed by atoms with Gasteiger partial charge >= 0.3 is 0 Å². The van der Waals surface area contributed by atoms with Gasteiger partial charge in [-0.2, -0.15) is 0 Å². The van der Waals surface area contributed by atoms with Gasteiger partial charge in [0.25, 0.3) is 0 Å². The number of amides is 1. The van der Waals surface area contributed by atoms with Gasteiger partial charge in [0.15, 0.2) is 0 Å². The van der Waals surface area contributed by atoms with Crippen LogP contribution in [0.15, 0.2) is 0 Å². The average Bonchev–Trinajstić information content (AvgIpc) is 2.50. The molecule has 1 amide bonds. The van der Waals surface area contributed by atoms with Gasteiger partial charge in [-0.25, -0.2) is 0 Å². The molecule has 3 saturated heterocycles. The number of ether oxygens (including phenoxy) is 1. The summed E-state index contributed by atoms with van der Waals surface area (Å²) in [6.45, 7) is 5.52. The minimum Gasteiger partial charge on any atom is -0.374 e. The van der Waals surface area contributed by atoms with Crippen molar-refractivity contribution in [2.75, 3.05) is 13.2 Å². The molecule has 3 rings (SSSR count). The molecule has 3 nitrogen and oxygen atoms in total. The largest absolute Gasteiger partial charge is 0.374 e. The lowest BCUT2D eigenvalue weighted by molar-refractivity contribution is -0.146. The van der Waals surface area contributed by atoms with Crippen LogP contribution in [0.3, 0.4) is 0 Å². The third-order valence-corrected chi connectivity index (χ3v) is 3.21. The van der Waals surface area contributed by atoms with Crippen LogP contribution in [0.5, 0.6) is 0 Å². The molecule has 3 aliphatic heterocycles. The summed E-state index contributed by atoms with van der Waals surface area (Å²) < 4.78 is 5.67. The fraction of sp³-hybridized carbons (Fsp3) is 0.909. The van der Waals surface area contributed by atoms with Crippen LogP contribution in [-0.2, 0) is 9.53 Å². The lowest BCUT2D eigenvalue weighted by atomic mass is 10.1. The number of rotatable bonds is 1. The van der Waals surface area contributed by atoms with Gasteiger partial charge in [-0.05, 0) is 19.3 Å². The third-order valence-electron chi connectivity index (χ3n) is 3.21. The van der Waals surface area contributed by atoms with E-state index in [2.05, 4.69) is 0 Å². The zero-order valence-corrected chi connectivity index (χ0v) is 9.03. The molecule has 3 heteroatoms. The molecule has 0 aliphatic carbocycles. The van der Waals surface area contributed by atoms with E-state index >= 15 is 0 Å². The summed E-state index contributed by atoms with van der Waals surface area (Å²) in [5.74, 6) is 0.416. The Kier molecular flexibility index (Phi) is 2.77. The van der Waals surface area contributed by atoms with E-state index in [4.69, 9.17) is 4.74 Å². The molecule has 0 aromatic heterocycles. The number of morpholine rings is 1. The first-order valence-electron chi connectivity index (χ1n) is 5.60. The Labute approximate surface area is 85.4 Å². The van der Waals surface area contributed by atoms with Crippen LogP contribution >= 0.6 is 0 Å². The van der Waals surface area contributed by atoms with E-state index < -0.39 is 0 Å². The summed E-state index contributed by atoms with van der Waals surface area (Å²) in [7, 11) is 0. The number of nitrogens with zero attached hydrogens (tertiary/aromatic N) is 1. The van der Waals surface area contributed by atoms with Gasteiger partial charge in [0.05, 0.1) is 18.8 Å². The van der Waals surface area contributed by atoms with Gasteiger partial charge in [0, 0.05) is 12.5 Å². The summed E-state index contributed by atoms with van der Waals surface area (Å²) in [5.41, 5.74) is 0. The highest BCUT2D eigenvalue weighted by Crippen LogP contribution is 2.26. The van der Waals surface area contributed by atoms with Crippen LogP contribution in [0.25, 0.3) is 0 Å². The molecular weight excluding hydrogens is 178 g/mol. The topological polar surface area (TPSA) is 29.5 Å². The maximum atomic E-state index is 11.9. The molecule has 14 heavy (non-hydrogen) atoms. The quantitative estimate of drug-likeness (QED) is 0.636. The smallest absolute Gasteiger partial charge is 0.225 e. The zero-order valence-electron chi connectivity index (χ0n) is 9.03. The standard InChI is InChI=1S/C11H19NO2/c1-8(2)11(13)12-6-10-5-3-4-9(12)7-14-10/h8-10H,3-7H2,1-2H3. The second-order valence-electron chi connectivity index (χ2n) is 4.69. The molecule has 0 spiro atoms. The summed E-state index contributed by atoms with van der Waals surface area (Å²) in [6, 6.07) is 0.351. The van der Waals surface area contributed by atoms with Crippen molar-refractivity contribution in [2.24, 2.45) is 5.92 Å². The Morgan fingerprint density at radius 1 is 1.43 bits per heavy atom. The predicted molar refractivity (Wildman–Crippen MR) is 53.9 cm³/mol. The van der Waals surface area contributed by atoms with Gasteiger partial charge in [0.1, 0.15) is 0 Å². The van der Waals surface area contributed by atoms with E-state index in [1.807, 2.05) is 18.7 Å². The van der Waals surface area contributed by atoms with Gasteiger partial charge < -0.3 is 9.64 Å². The SMILES string of the molecule is CC(C)C(=O)N1CC2CCCC1CO2. The van der Waals surface area contributed by atoms with E-state index in [-0.39, 0.29) is 5.92 Å². The summed E-state index contributed by atoms with van der Waals surface area (Å²) in [6.07, 6.45) is 3.75. The summed E-state index contributed by atoms with van der Waals surface area (Å²) in [4.78, 5) is 14.0. The first kappa shape index (κ1) is 9.97. The fourth-order valence-corrected chi connectivity index (χ4v) is 2.35. The molecule has 3 heterocycles. The molecule has 0 aromatic carbocycles. The zero-order chi connectivity index (χ0) is 10.1. The number of hydrogen-bond acceptors (Lipinski definition) is 2. The van der Waals surface area contributed by atoms with Crippen molar-refractivity contribution < 1.29 is 9.53 Å². The van der Waals surface area contributed by atoms with E-state index in [1.165, 1.54) is 6.42 Å². The lowest BCUT2D eigenvalue weighted by Crippen LogP contribution is -2.51. The van der Waals surface area contributed by atoms with Crippen LogP contribution in [0.2, 0.25) is 0 Å². The Balaban J connectivity index is 2.08. The van der Waals surface area contributed by atoms with Crippen molar-refractivity contribution in [1.29, 1.82) is 0 Å². The average molecular weight is 197 g/mol. The van der Waals surface area contributed by atoms with E-state index in [9.17, 15) is 4.79 Å². The molecule has 0 saturated carbocycles. The fourth-order valence-electron chi connectivity index (χ4n) is 2.35. The monoisotopic (exact) mass is 197 g/mol. The lowest BCUT2D eigenvalue weighted by Gasteiger charge is -2.37. The van der Waals surface area contributed by atoms with Crippen LogP contribution in [-0.4, -0.2) is 36.1 Å². The maximum absolute atomic E-state index is 11.9. The van der Waals surface area contributed by atoms with Crippen LogP contribution in [0.1, 0.15) is 33.1 Å². The normalized spacial score (nSPS) is 32.1. The van der Waals surface area contributed by atoms with Crippen molar-refractivity contribution in [3.05, 3.63) is 0 Å². The van der Waals surface area contributed by atoms with Crippen molar-refractivity contribution in [3.8, 4) is 0 Å². The van der Waals surface area contributed by atoms with Gasteiger partial charge in [0.2, 0.25) is 5.91 Å². The Bertz CT molecular complexity index is 223. The Hall–Kier alpha value is -0.570. The first-order chi connectivity index (χ1) is 6.68. The molecule has 80 valence electrons. The molecule has 2 unspecified atom stereocenters. The van der Waals surface area contributed by atoms with Crippen LogP contribution in [0.4, 0.5) is 0 Å². The molecular formula is C11H19NO2. The van der Waals surface area contributed by atoms with Crippen molar-refractivity contribution in [2.45, 2.75) is 45.3 Å². The van der Waals surface area contributed by atoms with Gasteiger partial charge in [-0.3, -0.25) is 4.79 Å². The summed E-state index contributed by atoms with van der Waals surface area (Å²) in [5, 5.41) is 0. The Morgan fingerprint density at radius 3 is 2.93 bits per heavy atom. The molecule has 0 aromatic rings. The van der Waals surface area contributed by atoms with Gasteiger partial charge in [-0.15, -0.1) is 0 Å². The van der Waals surface area contributed by atoms with Crippen molar-refractivity contribution >= 4 is 5.91 Å². The van der Waals surface area contributed by atoms with E-state index in [0.717, 1.165) is 26.0 Å². The van der Waals surface area contributed by atoms with Crippen LogP contribution < -0.4 is 0 Å². The molecule has 3 fully saturated rings. The van der Waals surface area contributed by atoms with Gasteiger partial charge in [-0.1, -0.05) is 13.8 Å². The highest BCUT2D eigenvalue weighted by atomic mass is 16.5. The Morgan fingerprint density at radius 2 is 2.21 bits per heavy atom. The number of hydrogen-bond donors (Lipinski definition) is 0. The molecule has 2 atom stereocenters. The highest BCUT2D eigenvalue weighted by molar-refractivity contribution is 5.78. The molecule has 0 radical (unpaired) electrons. The minimum absolute atomic E-state index is 0.120. The van der Waals surface area contributed by atoms with E-state index in [1.54, 1.807) is 0 Å². The second-order valence-corrected chi connectivity index (χ2v) is 4.69. The number of carbonyl (C=O) groups is 1. The molecule has 2 bridgehead atoms. The second kappa shape index (κ2) is 3.89. The van der Waals surface area contributed by atoms with Crippen molar-refractivity contribution in [1.82, 2.24) is 4.90 Å². The van der Waals surface area contributed by atoms with Crippen LogP contribution in [0, 0.1) is 5.92 Å². The molecule has 3 aliphatic rings. The predicted octanol–water partition coefficient (Wildman–Crippen LogP) is 1.42. The van der Waals surface area contributed by atoms with Crippen molar-refractivity contribution in [3.63, 3.8) is 0 Å². The minimum atomic E-state index is 0.120.